The minimum atomic E-state index is -0.504. The Balaban J connectivity index is 2.47. The number of hydrogen-bond donors (Lipinski definition) is 1. The average Bonchev–Trinajstić information content (AvgIpc) is 2.60. The molecule has 0 aliphatic heterocycles. The van der Waals surface area contributed by atoms with Crippen LogP contribution in [0, 0.1) is 5.41 Å². The number of alkyl halides is 1. The van der Waals surface area contributed by atoms with Gasteiger partial charge in [0.2, 0.25) is 5.91 Å². The highest BCUT2D eigenvalue weighted by Gasteiger charge is 2.25. The number of thiophene rings is 1. The van der Waals surface area contributed by atoms with E-state index in [9.17, 15) is 4.79 Å². The maximum Gasteiger partial charge on any atom is 0.227 e. The predicted octanol–water partition coefficient (Wildman–Crippen LogP) is 3.39. The lowest BCUT2D eigenvalue weighted by Gasteiger charge is -2.19. The van der Waals surface area contributed by atoms with Gasteiger partial charge in [-0.25, -0.2) is 0 Å². The Morgan fingerprint density at radius 2 is 2.33 bits per heavy atom. The second-order valence-electron chi connectivity index (χ2n) is 3.93. The zero-order valence-corrected chi connectivity index (χ0v) is 11.8. The van der Waals surface area contributed by atoms with Crippen molar-refractivity contribution >= 4 is 44.8 Å². The number of hydrogen-bond acceptors (Lipinski definition) is 2. The van der Waals surface area contributed by atoms with Crippen LogP contribution < -0.4 is 5.32 Å². The number of rotatable bonds is 4. The number of halogens is 2. The number of carbonyl (C=O) groups excluding carboxylic acids is 1. The monoisotopic (exact) mass is 309 g/mol. The maximum absolute atomic E-state index is 11.7. The highest BCUT2D eigenvalue weighted by atomic mass is 79.9. The molecule has 0 aromatic carbocycles. The molecule has 0 bridgehead atoms. The molecule has 0 aliphatic rings. The van der Waals surface area contributed by atoms with E-state index >= 15 is 0 Å². The van der Waals surface area contributed by atoms with Gasteiger partial charge in [0.05, 0.1) is 12.0 Å². The molecule has 0 aliphatic carbocycles. The SMILES string of the molecule is CC(C)(CCl)C(=O)NCc1cc(Br)cs1. The van der Waals surface area contributed by atoms with Crippen LogP contribution in [0.3, 0.4) is 0 Å². The van der Waals surface area contributed by atoms with Crippen molar-refractivity contribution in [1.82, 2.24) is 5.32 Å². The summed E-state index contributed by atoms with van der Waals surface area (Å²) in [5, 5.41) is 4.86. The summed E-state index contributed by atoms with van der Waals surface area (Å²) in [6.45, 7) is 4.23. The van der Waals surface area contributed by atoms with Gasteiger partial charge >= 0.3 is 0 Å². The molecule has 1 N–H and O–H groups in total. The van der Waals surface area contributed by atoms with Gasteiger partial charge in [-0.1, -0.05) is 0 Å². The summed E-state index contributed by atoms with van der Waals surface area (Å²) in [5.41, 5.74) is -0.504. The molecule has 0 saturated carbocycles. The van der Waals surface area contributed by atoms with E-state index in [4.69, 9.17) is 11.6 Å². The first-order chi connectivity index (χ1) is 6.95. The van der Waals surface area contributed by atoms with E-state index in [0.29, 0.717) is 12.4 Å². The molecule has 1 amide bonds. The van der Waals surface area contributed by atoms with Gasteiger partial charge in [-0.05, 0) is 35.8 Å². The van der Waals surface area contributed by atoms with Gasteiger partial charge in [0.15, 0.2) is 0 Å². The third kappa shape index (κ3) is 3.78. The van der Waals surface area contributed by atoms with Crippen LogP contribution in [0.1, 0.15) is 18.7 Å². The zero-order chi connectivity index (χ0) is 11.5. The standard InChI is InChI=1S/C10H13BrClNOS/c1-10(2,6-12)9(14)13-4-8-3-7(11)5-15-8/h3,5H,4,6H2,1-2H3,(H,13,14). The third-order valence-corrected chi connectivity index (χ3v) is 4.36. The second-order valence-corrected chi connectivity index (χ2v) is 6.11. The van der Waals surface area contributed by atoms with Crippen LogP contribution in [-0.4, -0.2) is 11.8 Å². The van der Waals surface area contributed by atoms with Crippen molar-refractivity contribution in [1.29, 1.82) is 0 Å². The molecule has 2 nitrogen and oxygen atoms in total. The molecule has 0 radical (unpaired) electrons. The first-order valence-electron chi connectivity index (χ1n) is 4.53. The lowest BCUT2D eigenvalue weighted by Crippen LogP contribution is -2.37. The Morgan fingerprint density at radius 1 is 1.67 bits per heavy atom. The molecule has 0 saturated heterocycles. The number of nitrogens with one attached hydrogen (secondary N) is 1. The van der Waals surface area contributed by atoms with E-state index in [1.807, 2.05) is 25.3 Å². The molecule has 0 spiro atoms. The van der Waals surface area contributed by atoms with Crippen molar-refractivity contribution in [2.24, 2.45) is 5.41 Å². The Labute approximate surface area is 107 Å². The van der Waals surface area contributed by atoms with Crippen LogP contribution in [-0.2, 0) is 11.3 Å². The van der Waals surface area contributed by atoms with E-state index in [0.717, 1.165) is 9.35 Å². The normalized spacial score (nSPS) is 11.5. The van der Waals surface area contributed by atoms with Crippen LogP contribution in [0.25, 0.3) is 0 Å². The quantitative estimate of drug-likeness (QED) is 0.849. The van der Waals surface area contributed by atoms with Gasteiger partial charge in [-0.2, -0.15) is 0 Å². The molecular formula is C10H13BrClNOS. The molecule has 5 heteroatoms. The molecule has 84 valence electrons. The zero-order valence-electron chi connectivity index (χ0n) is 8.64. The van der Waals surface area contributed by atoms with Crippen LogP contribution in [0.4, 0.5) is 0 Å². The fourth-order valence-corrected chi connectivity index (χ4v) is 2.43. The summed E-state index contributed by atoms with van der Waals surface area (Å²) in [5.74, 6) is 0.314. The van der Waals surface area contributed by atoms with E-state index in [2.05, 4.69) is 21.2 Å². The summed E-state index contributed by atoms with van der Waals surface area (Å²) in [6, 6.07) is 2.00. The summed E-state index contributed by atoms with van der Waals surface area (Å²) in [4.78, 5) is 12.8. The Bertz CT molecular complexity index is 351. The van der Waals surface area contributed by atoms with Crippen molar-refractivity contribution in [3.63, 3.8) is 0 Å². The third-order valence-electron chi connectivity index (χ3n) is 1.99. The largest absolute Gasteiger partial charge is 0.351 e. The molecule has 0 atom stereocenters. The van der Waals surface area contributed by atoms with Gasteiger partial charge in [-0.3, -0.25) is 4.79 Å². The number of amides is 1. The van der Waals surface area contributed by atoms with Crippen molar-refractivity contribution in [2.75, 3.05) is 5.88 Å². The smallest absolute Gasteiger partial charge is 0.227 e. The predicted molar refractivity (Wildman–Crippen MR) is 68.4 cm³/mol. The van der Waals surface area contributed by atoms with Gasteiger partial charge in [0.25, 0.3) is 0 Å². The summed E-state index contributed by atoms with van der Waals surface area (Å²) >= 11 is 10.7. The molecule has 0 fully saturated rings. The minimum absolute atomic E-state index is 0.0120. The van der Waals surface area contributed by atoms with E-state index in [1.54, 1.807) is 11.3 Å². The van der Waals surface area contributed by atoms with Gasteiger partial charge < -0.3 is 5.32 Å². The van der Waals surface area contributed by atoms with E-state index in [1.165, 1.54) is 0 Å². The van der Waals surface area contributed by atoms with Crippen LogP contribution in [0.15, 0.2) is 15.9 Å². The van der Waals surface area contributed by atoms with Crippen molar-refractivity contribution < 1.29 is 4.79 Å². The van der Waals surface area contributed by atoms with E-state index < -0.39 is 5.41 Å². The number of carbonyl (C=O) groups is 1. The molecule has 15 heavy (non-hydrogen) atoms. The van der Waals surface area contributed by atoms with Crippen molar-refractivity contribution in [3.8, 4) is 0 Å². The topological polar surface area (TPSA) is 29.1 Å². The average molecular weight is 311 g/mol. The van der Waals surface area contributed by atoms with Gasteiger partial charge in [0, 0.05) is 20.6 Å². The van der Waals surface area contributed by atoms with Gasteiger partial charge in [0.1, 0.15) is 0 Å². The lowest BCUT2D eigenvalue weighted by atomic mass is 9.95. The Kier molecular flexibility index (Phi) is 4.62. The first kappa shape index (κ1) is 13.0. The maximum atomic E-state index is 11.7. The fourth-order valence-electron chi connectivity index (χ4n) is 0.914. The summed E-state index contributed by atoms with van der Waals surface area (Å²) in [7, 11) is 0. The van der Waals surface area contributed by atoms with Crippen LogP contribution >= 0.6 is 38.9 Å². The second kappa shape index (κ2) is 5.32. The first-order valence-corrected chi connectivity index (χ1v) is 6.73. The molecule has 1 aromatic rings. The molecular weight excluding hydrogens is 298 g/mol. The molecule has 0 unspecified atom stereocenters. The Morgan fingerprint density at radius 3 is 2.80 bits per heavy atom. The summed E-state index contributed by atoms with van der Waals surface area (Å²) in [6.07, 6.45) is 0. The lowest BCUT2D eigenvalue weighted by molar-refractivity contribution is -0.128. The van der Waals surface area contributed by atoms with Crippen LogP contribution in [0.5, 0.6) is 0 Å². The minimum Gasteiger partial charge on any atom is -0.351 e. The highest BCUT2D eigenvalue weighted by Crippen LogP contribution is 2.21. The molecule has 1 rings (SSSR count). The van der Waals surface area contributed by atoms with Crippen molar-refractivity contribution in [3.05, 3.63) is 20.8 Å². The molecule has 1 heterocycles. The summed E-state index contributed by atoms with van der Waals surface area (Å²) < 4.78 is 1.05. The molecule has 1 aromatic heterocycles. The van der Waals surface area contributed by atoms with Crippen LogP contribution in [0.2, 0.25) is 0 Å². The highest BCUT2D eigenvalue weighted by molar-refractivity contribution is 9.10. The fraction of sp³-hybridized carbons (Fsp3) is 0.500. The Hall–Kier alpha value is -0.0600. The van der Waals surface area contributed by atoms with Crippen molar-refractivity contribution in [2.45, 2.75) is 20.4 Å². The van der Waals surface area contributed by atoms with E-state index in [-0.39, 0.29) is 5.91 Å². The van der Waals surface area contributed by atoms with Gasteiger partial charge in [-0.15, -0.1) is 22.9 Å².